The van der Waals surface area contributed by atoms with E-state index in [-0.39, 0.29) is 10.8 Å². The summed E-state index contributed by atoms with van der Waals surface area (Å²) in [6.45, 7) is 8.37. The van der Waals surface area contributed by atoms with E-state index in [0.29, 0.717) is 23.7 Å². The van der Waals surface area contributed by atoms with Crippen LogP contribution in [-0.2, 0) is 16.4 Å². The minimum atomic E-state index is -3.77. The number of benzene rings is 2. The minimum Gasteiger partial charge on any atom is -0.352 e. The van der Waals surface area contributed by atoms with Gasteiger partial charge in [-0.15, -0.1) is 0 Å². The van der Waals surface area contributed by atoms with Crippen molar-refractivity contribution >= 4 is 21.6 Å². The summed E-state index contributed by atoms with van der Waals surface area (Å²) in [4.78, 5) is 12.4. The Morgan fingerprint density at radius 2 is 1.73 bits per heavy atom. The first kappa shape index (κ1) is 20.0. The Balaban J connectivity index is 2.25. The van der Waals surface area contributed by atoms with Crippen LogP contribution in [0.2, 0.25) is 0 Å². The second-order valence-corrected chi connectivity index (χ2v) is 8.42. The van der Waals surface area contributed by atoms with Crippen LogP contribution in [0.5, 0.6) is 0 Å². The quantitative estimate of drug-likeness (QED) is 0.775. The molecule has 0 bridgehead atoms. The lowest BCUT2D eigenvalue weighted by atomic mass is 10.1. The maximum Gasteiger partial charge on any atom is 0.261 e. The van der Waals surface area contributed by atoms with Crippen molar-refractivity contribution in [2.45, 2.75) is 39.0 Å². The van der Waals surface area contributed by atoms with Crippen molar-refractivity contribution in [2.75, 3.05) is 11.3 Å². The summed E-state index contributed by atoms with van der Waals surface area (Å²) >= 11 is 0. The van der Waals surface area contributed by atoms with E-state index in [9.17, 15) is 13.2 Å². The summed E-state index contributed by atoms with van der Waals surface area (Å²) in [7, 11) is -3.77. The van der Waals surface area contributed by atoms with Crippen molar-refractivity contribution < 1.29 is 13.2 Å². The van der Waals surface area contributed by atoms with E-state index >= 15 is 0 Å². The van der Waals surface area contributed by atoms with E-state index in [1.165, 1.54) is 12.1 Å². The van der Waals surface area contributed by atoms with Crippen molar-refractivity contribution in [3.63, 3.8) is 0 Å². The number of hydrogen-bond acceptors (Lipinski definition) is 3. The molecule has 0 fully saturated rings. The lowest BCUT2D eigenvalue weighted by Gasteiger charge is -2.13. The van der Waals surface area contributed by atoms with Crippen molar-refractivity contribution in [1.82, 2.24) is 5.32 Å². The molecule has 26 heavy (non-hydrogen) atoms. The molecular weight excluding hydrogens is 348 g/mol. The van der Waals surface area contributed by atoms with E-state index < -0.39 is 10.0 Å². The average molecular weight is 375 g/mol. The Hall–Kier alpha value is -2.34. The Morgan fingerprint density at radius 1 is 1.08 bits per heavy atom. The maximum absolute atomic E-state index is 12.7. The molecule has 0 heterocycles. The van der Waals surface area contributed by atoms with Crippen LogP contribution in [-0.4, -0.2) is 20.9 Å². The van der Waals surface area contributed by atoms with Crippen LogP contribution < -0.4 is 10.0 Å². The molecule has 5 nitrogen and oxygen atoms in total. The summed E-state index contributed by atoms with van der Waals surface area (Å²) in [6.07, 6.45) is 0.889. The van der Waals surface area contributed by atoms with Gasteiger partial charge in [-0.2, -0.15) is 0 Å². The normalized spacial score (nSPS) is 11.4. The highest BCUT2D eigenvalue weighted by atomic mass is 32.2. The standard InChI is InChI=1S/C20H26N2O3S/c1-5-16-7-9-17(10-8-16)22-26(24,25)18-11-6-15(4)19(12-18)20(23)21-13-14(2)3/h6-12,14,22H,5,13H2,1-4H3,(H,21,23). The third-order valence-corrected chi connectivity index (χ3v) is 5.43. The maximum atomic E-state index is 12.7. The van der Waals surface area contributed by atoms with E-state index in [4.69, 9.17) is 0 Å². The van der Waals surface area contributed by atoms with Gasteiger partial charge in [-0.25, -0.2) is 8.42 Å². The van der Waals surface area contributed by atoms with E-state index in [0.717, 1.165) is 17.5 Å². The molecule has 140 valence electrons. The first-order valence-corrected chi connectivity index (χ1v) is 10.2. The fourth-order valence-electron chi connectivity index (χ4n) is 2.43. The number of rotatable bonds is 7. The molecule has 0 aromatic heterocycles. The van der Waals surface area contributed by atoms with Crippen LogP contribution >= 0.6 is 0 Å². The Bertz CT molecular complexity index is 872. The molecule has 0 aliphatic carbocycles. The van der Waals surface area contributed by atoms with Crippen LogP contribution in [0, 0.1) is 12.8 Å². The monoisotopic (exact) mass is 374 g/mol. The molecule has 2 N–H and O–H groups in total. The summed E-state index contributed by atoms with van der Waals surface area (Å²) in [6, 6.07) is 11.8. The van der Waals surface area contributed by atoms with Crippen molar-refractivity contribution in [3.8, 4) is 0 Å². The van der Waals surface area contributed by atoms with Gasteiger partial charge in [-0.3, -0.25) is 9.52 Å². The highest BCUT2D eigenvalue weighted by molar-refractivity contribution is 7.92. The molecule has 2 rings (SSSR count). The lowest BCUT2D eigenvalue weighted by molar-refractivity contribution is 0.0948. The second-order valence-electron chi connectivity index (χ2n) is 6.74. The van der Waals surface area contributed by atoms with Gasteiger partial charge >= 0.3 is 0 Å². The highest BCUT2D eigenvalue weighted by Crippen LogP contribution is 2.20. The molecule has 0 saturated heterocycles. The zero-order valence-corrected chi connectivity index (χ0v) is 16.5. The predicted molar refractivity (Wildman–Crippen MR) is 105 cm³/mol. The zero-order valence-electron chi connectivity index (χ0n) is 15.7. The predicted octanol–water partition coefficient (Wildman–Crippen LogP) is 3.74. The van der Waals surface area contributed by atoms with Gasteiger partial charge in [0.05, 0.1) is 4.90 Å². The van der Waals surface area contributed by atoms with Crippen molar-refractivity contribution in [3.05, 3.63) is 59.2 Å². The molecule has 0 atom stereocenters. The van der Waals surface area contributed by atoms with Gasteiger partial charge in [0.1, 0.15) is 0 Å². The molecule has 2 aromatic rings. The van der Waals surface area contributed by atoms with Gasteiger partial charge in [0.25, 0.3) is 15.9 Å². The minimum absolute atomic E-state index is 0.0670. The zero-order chi connectivity index (χ0) is 19.3. The summed E-state index contributed by atoms with van der Waals surface area (Å²) in [5.74, 6) is 0.0551. The highest BCUT2D eigenvalue weighted by Gasteiger charge is 2.18. The first-order valence-electron chi connectivity index (χ1n) is 8.73. The molecule has 0 aliphatic rings. The summed E-state index contributed by atoms with van der Waals surface area (Å²) in [5, 5.41) is 2.83. The largest absolute Gasteiger partial charge is 0.352 e. The summed E-state index contributed by atoms with van der Waals surface area (Å²) < 4.78 is 27.9. The smallest absolute Gasteiger partial charge is 0.261 e. The van der Waals surface area contributed by atoms with Crippen LogP contribution in [0.3, 0.4) is 0 Å². The van der Waals surface area contributed by atoms with Gasteiger partial charge in [-0.1, -0.05) is 39.0 Å². The van der Waals surface area contributed by atoms with Crippen LogP contribution in [0.4, 0.5) is 5.69 Å². The second kappa shape index (κ2) is 8.36. The first-order chi connectivity index (χ1) is 12.2. The topological polar surface area (TPSA) is 75.3 Å². The molecule has 0 spiro atoms. The lowest BCUT2D eigenvalue weighted by Crippen LogP contribution is -2.28. The number of sulfonamides is 1. The molecule has 2 aromatic carbocycles. The van der Waals surface area contributed by atoms with Gasteiger partial charge in [0, 0.05) is 17.8 Å². The van der Waals surface area contributed by atoms with E-state index in [1.807, 2.05) is 32.9 Å². The Kier molecular flexibility index (Phi) is 6.42. The van der Waals surface area contributed by atoms with Gasteiger partial charge < -0.3 is 5.32 Å². The van der Waals surface area contributed by atoms with E-state index in [2.05, 4.69) is 10.0 Å². The summed E-state index contributed by atoms with van der Waals surface area (Å²) in [5.41, 5.74) is 2.73. The molecule has 1 amide bonds. The molecular formula is C20H26N2O3S. The fourth-order valence-corrected chi connectivity index (χ4v) is 3.51. The third kappa shape index (κ3) is 5.08. The molecule has 0 saturated carbocycles. The van der Waals surface area contributed by atoms with Crippen LogP contribution in [0.15, 0.2) is 47.4 Å². The molecule has 6 heteroatoms. The number of amides is 1. The van der Waals surface area contributed by atoms with E-state index in [1.54, 1.807) is 25.1 Å². The van der Waals surface area contributed by atoms with Gasteiger partial charge in [-0.05, 0) is 54.7 Å². The van der Waals surface area contributed by atoms with Crippen molar-refractivity contribution in [2.24, 2.45) is 5.92 Å². The number of anilines is 1. The number of hydrogen-bond donors (Lipinski definition) is 2. The number of carbonyl (C=O) groups excluding carboxylic acids is 1. The van der Waals surface area contributed by atoms with Crippen LogP contribution in [0.25, 0.3) is 0 Å². The molecule has 0 unspecified atom stereocenters. The Labute approximate surface area is 155 Å². The average Bonchev–Trinajstić information content (AvgIpc) is 2.60. The SMILES string of the molecule is CCc1ccc(NS(=O)(=O)c2ccc(C)c(C(=O)NCC(C)C)c2)cc1. The number of carbonyl (C=O) groups is 1. The molecule has 0 radical (unpaired) electrons. The number of aryl methyl sites for hydroxylation is 2. The Morgan fingerprint density at radius 3 is 2.31 bits per heavy atom. The fraction of sp³-hybridized carbons (Fsp3) is 0.350. The molecule has 0 aliphatic heterocycles. The third-order valence-electron chi connectivity index (χ3n) is 4.05. The van der Waals surface area contributed by atoms with Gasteiger partial charge in [0.2, 0.25) is 0 Å². The van der Waals surface area contributed by atoms with Gasteiger partial charge in [0.15, 0.2) is 0 Å². The number of nitrogens with one attached hydrogen (secondary N) is 2. The van der Waals surface area contributed by atoms with Crippen LogP contribution in [0.1, 0.15) is 42.3 Å². The van der Waals surface area contributed by atoms with Crippen molar-refractivity contribution in [1.29, 1.82) is 0 Å².